The lowest BCUT2D eigenvalue weighted by Gasteiger charge is -2.20. The first-order valence-corrected chi connectivity index (χ1v) is 7.69. The van der Waals surface area contributed by atoms with E-state index >= 15 is 0 Å². The average molecular weight is 293 g/mol. The summed E-state index contributed by atoms with van der Waals surface area (Å²) in [6, 6.07) is 5.04. The second kappa shape index (κ2) is 7.86. The Kier molecular flexibility index (Phi) is 5.84. The van der Waals surface area contributed by atoms with Gasteiger partial charge < -0.3 is 15.0 Å². The zero-order valence-corrected chi connectivity index (χ0v) is 12.9. The van der Waals surface area contributed by atoms with Crippen molar-refractivity contribution in [3.8, 4) is 5.75 Å². The summed E-state index contributed by atoms with van der Waals surface area (Å²) in [4.78, 5) is 6.86. The number of hydrogen-bond donors (Lipinski definition) is 1. The Labute approximate surface area is 126 Å². The molecule has 0 aromatic heterocycles. The third-order valence-corrected chi connectivity index (χ3v) is 3.45. The molecule has 1 fully saturated rings. The SMILES string of the molecule is CCNC(=NCc1ccc(OCC)c(F)c1)N1CCCC1. The molecule has 1 aromatic carbocycles. The Bertz CT molecular complexity index is 484. The summed E-state index contributed by atoms with van der Waals surface area (Å²) in [6.07, 6.45) is 2.42. The lowest BCUT2D eigenvalue weighted by atomic mass is 10.2. The number of hydrogen-bond acceptors (Lipinski definition) is 2. The monoisotopic (exact) mass is 293 g/mol. The van der Waals surface area contributed by atoms with Gasteiger partial charge in [0.1, 0.15) is 0 Å². The maximum atomic E-state index is 13.8. The van der Waals surface area contributed by atoms with Crippen LogP contribution in [0.3, 0.4) is 0 Å². The summed E-state index contributed by atoms with van der Waals surface area (Å²) in [5.74, 6) is 0.900. The van der Waals surface area contributed by atoms with Crippen LogP contribution in [0.25, 0.3) is 0 Å². The van der Waals surface area contributed by atoms with E-state index in [2.05, 4.69) is 22.1 Å². The maximum Gasteiger partial charge on any atom is 0.194 e. The number of halogens is 1. The molecule has 116 valence electrons. The third-order valence-electron chi connectivity index (χ3n) is 3.45. The molecular weight excluding hydrogens is 269 g/mol. The van der Waals surface area contributed by atoms with Crippen molar-refractivity contribution in [2.24, 2.45) is 4.99 Å². The maximum absolute atomic E-state index is 13.8. The smallest absolute Gasteiger partial charge is 0.194 e. The zero-order valence-electron chi connectivity index (χ0n) is 12.9. The Morgan fingerprint density at radius 3 is 2.71 bits per heavy atom. The van der Waals surface area contributed by atoms with Gasteiger partial charge in [0.05, 0.1) is 13.2 Å². The molecule has 2 rings (SSSR count). The largest absolute Gasteiger partial charge is 0.491 e. The summed E-state index contributed by atoms with van der Waals surface area (Å²) in [5, 5.41) is 3.30. The Morgan fingerprint density at radius 2 is 2.10 bits per heavy atom. The van der Waals surface area contributed by atoms with Gasteiger partial charge in [0, 0.05) is 19.6 Å². The van der Waals surface area contributed by atoms with Gasteiger partial charge >= 0.3 is 0 Å². The molecule has 0 aliphatic carbocycles. The molecule has 0 unspecified atom stereocenters. The number of nitrogens with one attached hydrogen (secondary N) is 1. The average Bonchev–Trinajstić information content (AvgIpc) is 3.00. The third kappa shape index (κ3) is 4.34. The lowest BCUT2D eigenvalue weighted by molar-refractivity contribution is 0.321. The molecule has 4 nitrogen and oxygen atoms in total. The van der Waals surface area contributed by atoms with E-state index in [0.29, 0.717) is 18.9 Å². The van der Waals surface area contributed by atoms with Crippen LogP contribution in [0.5, 0.6) is 5.75 Å². The Hall–Kier alpha value is -1.78. The number of likely N-dealkylation sites (tertiary alicyclic amines) is 1. The lowest BCUT2D eigenvalue weighted by Crippen LogP contribution is -2.39. The molecule has 0 radical (unpaired) electrons. The molecular formula is C16H24FN3O. The van der Waals surface area contributed by atoms with Crippen LogP contribution in [0.4, 0.5) is 4.39 Å². The van der Waals surface area contributed by atoms with Gasteiger partial charge in [-0.25, -0.2) is 9.38 Å². The van der Waals surface area contributed by atoms with Crippen molar-refractivity contribution in [2.45, 2.75) is 33.2 Å². The van der Waals surface area contributed by atoms with E-state index < -0.39 is 0 Å². The molecule has 1 N–H and O–H groups in total. The first-order chi connectivity index (χ1) is 10.2. The Balaban J connectivity index is 2.04. The predicted octanol–water partition coefficient (Wildman–Crippen LogP) is 2.79. The van der Waals surface area contributed by atoms with Gasteiger partial charge in [0.15, 0.2) is 17.5 Å². The number of nitrogens with zero attached hydrogens (tertiary/aromatic N) is 2. The van der Waals surface area contributed by atoms with E-state index in [0.717, 1.165) is 31.2 Å². The van der Waals surface area contributed by atoms with Crippen molar-refractivity contribution in [1.29, 1.82) is 0 Å². The first kappa shape index (κ1) is 15.6. The van der Waals surface area contributed by atoms with Gasteiger partial charge in [-0.1, -0.05) is 6.07 Å². The summed E-state index contributed by atoms with van der Waals surface area (Å²) in [7, 11) is 0. The first-order valence-electron chi connectivity index (χ1n) is 7.69. The van der Waals surface area contributed by atoms with Crippen LogP contribution in [0.1, 0.15) is 32.3 Å². The normalized spacial score (nSPS) is 15.4. The highest BCUT2D eigenvalue weighted by Gasteiger charge is 2.15. The van der Waals surface area contributed by atoms with Gasteiger partial charge in [0.2, 0.25) is 0 Å². The molecule has 1 heterocycles. The van der Waals surface area contributed by atoms with Crippen molar-refractivity contribution >= 4 is 5.96 Å². The number of aliphatic imine (C=N–C) groups is 1. The number of guanidine groups is 1. The van der Waals surface area contributed by atoms with E-state index in [1.165, 1.54) is 18.9 Å². The zero-order chi connectivity index (χ0) is 15.1. The topological polar surface area (TPSA) is 36.9 Å². The highest BCUT2D eigenvalue weighted by molar-refractivity contribution is 5.80. The summed E-state index contributed by atoms with van der Waals surface area (Å²) in [6.45, 7) is 7.77. The predicted molar refractivity (Wildman–Crippen MR) is 83.2 cm³/mol. The minimum absolute atomic E-state index is 0.302. The second-order valence-corrected chi connectivity index (χ2v) is 5.06. The number of ether oxygens (including phenoxy) is 1. The fraction of sp³-hybridized carbons (Fsp3) is 0.562. The van der Waals surface area contributed by atoms with Crippen LogP contribution < -0.4 is 10.1 Å². The van der Waals surface area contributed by atoms with Crippen LogP contribution in [-0.4, -0.2) is 37.1 Å². The molecule has 0 spiro atoms. The van der Waals surface area contributed by atoms with Crippen molar-refractivity contribution in [3.63, 3.8) is 0 Å². The second-order valence-electron chi connectivity index (χ2n) is 5.06. The molecule has 0 bridgehead atoms. The van der Waals surface area contributed by atoms with Crippen molar-refractivity contribution in [1.82, 2.24) is 10.2 Å². The van der Waals surface area contributed by atoms with Gasteiger partial charge in [-0.05, 0) is 44.4 Å². The molecule has 0 atom stereocenters. The van der Waals surface area contributed by atoms with E-state index in [4.69, 9.17) is 4.74 Å². The minimum Gasteiger partial charge on any atom is -0.491 e. The summed E-state index contributed by atoms with van der Waals surface area (Å²) >= 11 is 0. The standard InChI is InChI=1S/C16H24FN3O/c1-3-18-16(20-9-5-6-10-20)19-12-13-7-8-15(21-4-2)14(17)11-13/h7-8,11H,3-6,9-10,12H2,1-2H3,(H,18,19). The van der Waals surface area contributed by atoms with Crippen molar-refractivity contribution < 1.29 is 9.13 Å². The highest BCUT2D eigenvalue weighted by Crippen LogP contribution is 2.19. The van der Waals surface area contributed by atoms with Crippen LogP contribution in [-0.2, 0) is 6.54 Å². The van der Waals surface area contributed by atoms with Crippen LogP contribution >= 0.6 is 0 Å². The Morgan fingerprint density at radius 1 is 1.33 bits per heavy atom. The fourth-order valence-electron chi connectivity index (χ4n) is 2.44. The van der Waals surface area contributed by atoms with Crippen molar-refractivity contribution in [3.05, 3.63) is 29.6 Å². The van der Waals surface area contributed by atoms with Gasteiger partial charge in [-0.3, -0.25) is 0 Å². The quantitative estimate of drug-likeness (QED) is 0.670. The fourth-order valence-corrected chi connectivity index (χ4v) is 2.44. The molecule has 21 heavy (non-hydrogen) atoms. The molecule has 0 amide bonds. The van der Waals surface area contributed by atoms with Gasteiger partial charge in [-0.2, -0.15) is 0 Å². The van der Waals surface area contributed by atoms with E-state index in [-0.39, 0.29) is 5.82 Å². The molecule has 1 aliphatic heterocycles. The van der Waals surface area contributed by atoms with E-state index in [9.17, 15) is 4.39 Å². The molecule has 1 aromatic rings. The molecule has 1 saturated heterocycles. The summed E-state index contributed by atoms with van der Waals surface area (Å²) < 4.78 is 19.0. The number of benzene rings is 1. The molecule has 1 aliphatic rings. The van der Waals surface area contributed by atoms with Crippen LogP contribution in [0, 0.1) is 5.82 Å². The van der Waals surface area contributed by atoms with Crippen molar-refractivity contribution in [2.75, 3.05) is 26.2 Å². The van der Waals surface area contributed by atoms with Crippen LogP contribution in [0.15, 0.2) is 23.2 Å². The van der Waals surface area contributed by atoms with Gasteiger partial charge in [0.25, 0.3) is 0 Å². The van der Waals surface area contributed by atoms with E-state index in [1.807, 2.05) is 13.0 Å². The highest BCUT2D eigenvalue weighted by atomic mass is 19.1. The molecule has 0 saturated carbocycles. The molecule has 5 heteroatoms. The number of rotatable bonds is 5. The van der Waals surface area contributed by atoms with Gasteiger partial charge in [-0.15, -0.1) is 0 Å². The minimum atomic E-state index is -0.323. The summed E-state index contributed by atoms with van der Waals surface area (Å²) in [5.41, 5.74) is 0.852. The van der Waals surface area contributed by atoms with Crippen LogP contribution in [0.2, 0.25) is 0 Å². The van der Waals surface area contributed by atoms with E-state index in [1.54, 1.807) is 6.07 Å².